The topological polar surface area (TPSA) is 146 Å². The normalized spacial score (nSPS) is 22.2. The van der Waals surface area contributed by atoms with E-state index >= 15 is 0 Å². The second-order valence-electron chi connectivity index (χ2n) is 28.2. The first-order valence-corrected chi connectivity index (χ1v) is 34.5. The average Bonchev–Trinajstić information content (AvgIpc) is 1.57. The number of nitrogens with one attached hydrogen (secondary N) is 2. The summed E-state index contributed by atoms with van der Waals surface area (Å²) in [5.74, 6) is 6.01. The molecule has 8 bridgehead atoms. The number of hydrogen-bond donors (Lipinski definition) is 2. The van der Waals surface area contributed by atoms with Crippen molar-refractivity contribution in [3.8, 4) is 91.5 Å². The lowest BCUT2D eigenvalue weighted by Crippen LogP contribution is -2.15. The van der Waals surface area contributed by atoms with Gasteiger partial charge in [0.25, 0.3) is 0 Å². The highest BCUT2D eigenvalue weighted by Gasteiger charge is 2.61. The van der Waals surface area contributed by atoms with Crippen LogP contribution in [0, 0.1) is 0 Å². The zero-order valence-electron chi connectivity index (χ0n) is 56.5. The quantitative estimate of drug-likeness (QED) is 0.0592. The Morgan fingerprint density at radius 3 is 0.788 bits per heavy atom. The fourth-order valence-corrected chi connectivity index (χ4v) is 16.0. The van der Waals surface area contributed by atoms with E-state index in [0.717, 1.165) is 33.0 Å². The molecule has 8 unspecified atom stereocenters. The molecule has 32 radical (unpaired) electrons. The molecular weight excluding hydrogens is 1250 g/mol. The first kappa shape index (κ1) is 69.0. The van der Waals surface area contributed by atoms with Crippen LogP contribution in [0.2, 0.25) is 43.7 Å². The van der Waals surface area contributed by atoms with Crippen LogP contribution in [-0.4, -0.2) is 216 Å². The first-order valence-electron chi connectivity index (χ1n) is 34.5. The molecule has 104 heavy (non-hydrogen) atoms. The maximum Gasteiger partial charge on any atom is 0.164 e. The van der Waals surface area contributed by atoms with E-state index in [1.807, 2.05) is 170 Å². The number of rotatable bonds is 24. The van der Waals surface area contributed by atoms with Gasteiger partial charge in [0.15, 0.2) is 23.3 Å². The van der Waals surface area contributed by atoms with Crippen molar-refractivity contribution < 1.29 is 18.9 Å². The molecule has 9 heterocycles. The monoisotopic (exact) mass is 1300 g/mol. The van der Waals surface area contributed by atoms with E-state index in [2.05, 4.69) is 9.97 Å². The highest BCUT2D eigenvalue weighted by atomic mass is 16.5. The summed E-state index contributed by atoms with van der Waals surface area (Å²) in [5.41, 5.74) is 8.59. The van der Waals surface area contributed by atoms with Crippen LogP contribution in [0.15, 0.2) is 170 Å². The number of H-pyrrole nitrogens is 2. The van der Waals surface area contributed by atoms with Crippen LogP contribution in [0.1, 0.15) is 22.3 Å². The Kier molecular flexibility index (Phi) is 17.9. The van der Waals surface area contributed by atoms with Gasteiger partial charge in [0.2, 0.25) is 0 Å². The standard InChI is InChI=1S/C68H42B24N8O4/c69-81-61-65(85-73,89(61)77)29-33-1-9-37(10-2-33)101-41-17-21-45-49(25-41)57-95-53(45)93-54-47-23-19-43(103-39-13-5-35(6-14-39)31-67(87-75)63(83-71)91(67)79)27-51(47)59(97-54)100-60-52-28-44(104-40-15-7-36(8-16-40)32-68(88-76)64(84-72)92(68)80)20-24-48(52)56(98-60)94-55-46-22-18-42(26-50(46)58(96-55)99-57)102-38-11-3-34(4-12-38)30-66(86-74)62(82-70)90(66)78/h1-28,61-64H,29-32H2,(H2,93,94,95,96,97,98,99,100)/i81+0,82+0,83+0,84+0,85+0,86+0,87+0,88+0,89+0,90+0,91+0,92+0. The molecule has 6 aliphatic rings. The third kappa shape index (κ3) is 12.0. The number of hydrogen-bond acceptors (Lipinski definition) is 10. The number of aromatic amines is 2. The van der Waals surface area contributed by atoms with Gasteiger partial charge in [-0.2, -0.15) is 0 Å². The van der Waals surface area contributed by atoms with E-state index < -0.39 is 20.9 Å². The largest absolute Gasteiger partial charge is 0.457 e. The molecule has 4 saturated heterocycles. The minimum atomic E-state index is -0.409. The van der Waals surface area contributed by atoms with E-state index in [4.69, 9.17) is 142 Å². The Morgan fingerprint density at radius 1 is 0.288 bits per heavy atom. The summed E-state index contributed by atoms with van der Waals surface area (Å²) in [7, 11) is 87.4. The Labute approximate surface area is 628 Å². The summed E-state index contributed by atoms with van der Waals surface area (Å²) >= 11 is 0. The summed E-state index contributed by atoms with van der Waals surface area (Å²) in [5, 5.41) is 1.16. The molecule has 36 heteroatoms. The van der Waals surface area contributed by atoms with Gasteiger partial charge >= 0.3 is 0 Å². The third-order valence-electron chi connectivity index (χ3n) is 22.5. The van der Waals surface area contributed by atoms with Gasteiger partial charge in [0.1, 0.15) is 68.6 Å². The van der Waals surface area contributed by atoms with Gasteiger partial charge in [0.05, 0.1) is 55.1 Å². The van der Waals surface area contributed by atoms with Crippen LogP contribution in [-0.2, 0) is 25.7 Å². The Morgan fingerprint density at radius 2 is 0.529 bits per heavy atom. The molecule has 2 N–H and O–H groups in total. The molecule has 0 saturated carbocycles. The second-order valence-corrected chi connectivity index (χ2v) is 28.2. The van der Waals surface area contributed by atoms with Crippen LogP contribution < -0.4 is 18.9 Å². The maximum atomic E-state index is 6.63. The zero-order chi connectivity index (χ0) is 71.6. The van der Waals surface area contributed by atoms with Gasteiger partial charge < -0.3 is 28.9 Å². The SMILES string of the molecule is [B][11B]C1[11B]([B])C1([11B][B])Cc1ccc(Oc2ccc3c(c2)-c2nc-3nc3[nH]c(nc4nc(nc5[nH]c(n2)c2cc(Oc6ccc(CC7([11B][B])[11B]([B])C7[11B][B])cc6)ccc52)-c2ccc(Oc5ccc(CC6([11B][B])[11B]([B])C6[11B][B])cc5)cc2-4)c2cc(Oc4ccc(CC5([11B][B])[11B]([B])C5[11B][B])cc4)ccc32)cc1. The van der Waals surface area contributed by atoms with Gasteiger partial charge in [-0.05, 0) is 169 Å². The van der Waals surface area contributed by atoms with E-state index in [1.165, 1.54) is 0 Å². The lowest BCUT2D eigenvalue weighted by Gasteiger charge is -2.17. The molecule has 0 aliphatic carbocycles. The van der Waals surface area contributed by atoms with Crippen molar-refractivity contribution in [2.45, 2.75) is 69.4 Å². The molecule has 0 amide bonds. The predicted molar refractivity (Wildman–Crippen MR) is 441 cm³/mol. The highest BCUT2D eigenvalue weighted by molar-refractivity contribution is 7.30. The summed E-state index contributed by atoms with van der Waals surface area (Å²) in [6.07, 6.45) is 2.52. The van der Waals surface area contributed by atoms with E-state index in [9.17, 15) is 0 Å². The molecule has 6 aliphatic heterocycles. The minimum Gasteiger partial charge on any atom is -0.457 e. The molecular formula is C68H42B24N8O4. The molecule has 8 aromatic carbocycles. The second kappa shape index (κ2) is 27.0. The fraction of sp³-hybridized carbons (Fsp3) is 0.176. The molecule has 4 fully saturated rings. The Bertz CT molecular complexity index is 5040. The maximum absolute atomic E-state index is 6.63. The number of nitrogens with zero attached hydrogens (tertiary/aromatic N) is 6. The molecule has 3 aromatic heterocycles. The van der Waals surface area contributed by atoms with Crippen molar-refractivity contribution >= 4 is 221 Å². The van der Waals surface area contributed by atoms with Gasteiger partial charge in [-0.1, -0.05) is 48.5 Å². The van der Waals surface area contributed by atoms with E-state index in [0.29, 0.717) is 151 Å². The van der Waals surface area contributed by atoms with E-state index in [1.54, 1.807) is 57.4 Å². The molecule has 11 aromatic rings. The lowest BCUT2D eigenvalue weighted by molar-refractivity contribution is 0.482. The Balaban J connectivity index is 0.790. The minimum absolute atomic E-state index is 0.00856. The van der Waals surface area contributed by atoms with Crippen LogP contribution in [0.25, 0.3) is 89.7 Å². The number of fused-ring (bicyclic) bond motifs is 20. The molecule has 12 nitrogen and oxygen atoms in total. The summed E-state index contributed by atoms with van der Waals surface area (Å²) < 4.78 is 26.5. The fourth-order valence-electron chi connectivity index (χ4n) is 16.0. The van der Waals surface area contributed by atoms with Crippen molar-refractivity contribution in [3.63, 3.8) is 0 Å². The van der Waals surface area contributed by atoms with Crippen molar-refractivity contribution in [1.82, 2.24) is 39.9 Å². The molecule has 8 atom stereocenters. The summed E-state index contributed by atoms with van der Waals surface area (Å²) in [4.78, 5) is 39.2. The predicted octanol–water partition coefficient (Wildman–Crippen LogP) is 7.31. The van der Waals surface area contributed by atoms with Crippen molar-refractivity contribution in [3.05, 3.63) is 192 Å². The van der Waals surface area contributed by atoms with Crippen molar-refractivity contribution in [1.29, 1.82) is 0 Å². The molecule has 0 spiro atoms. The summed E-state index contributed by atoms with van der Waals surface area (Å²) in [6.45, 7) is -0.627. The van der Waals surface area contributed by atoms with Crippen LogP contribution >= 0.6 is 0 Å². The number of benzene rings is 8. The van der Waals surface area contributed by atoms with Gasteiger partial charge in [0, 0.05) is 165 Å². The van der Waals surface area contributed by atoms with Crippen LogP contribution in [0.5, 0.6) is 46.0 Å². The number of ether oxygens (including phenoxy) is 4. The van der Waals surface area contributed by atoms with Crippen molar-refractivity contribution in [2.24, 2.45) is 0 Å². The third-order valence-corrected chi connectivity index (χ3v) is 22.5. The highest BCUT2D eigenvalue weighted by Crippen LogP contribution is 2.64. The summed E-state index contributed by atoms with van der Waals surface area (Å²) in [6, 6.07) is 54.5. The zero-order valence-corrected chi connectivity index (χ0v) is 56.5. The van der Waals surface area contributed by atoms with E-state index in [-0.39, 0.29) is 49.3 Å². The van der Waals surface area contributed by atoms with Gasteiger partial charge in [-0.3, -0.25) is 0 Å². The smallest absolute Gasteiger partial charge is 0.164 e. The lowest BCUT2D eigenvalue weighted by atomic mass is 9.38. The molecule has 450 valence electrons. The first-order chi connectivity index (χ1) is 50.6. The van der Waals surface area contributed by atoms with Crippen LogP contribution in [0.4, 0.5) is 0 Å². The Hall–Kier alpha value is -8.12. The van der Waals surface area contributed by atoms with Gasteiger partial charge in [-0.15, -0.1) is 43.7 Å². The number of aromatic nitrogens is 8. The van der Waals surface area contributed by atoms with Crippen LogP contribution in [0.3, 0.4) is 0 Å². The molecule has 17 rings (SSSR count). The average molecular weight is 1300 g/mol. The van der Waals surface area contributed by atoms with Crippen molar-refractivity contribution in [2.75, 3.05) is 0 Å². The van der Waals surface area contributed by atoms with Gasteiger partial charge in [-0.25, -0.2) is 29.9 Å².